The second-order valence-electron chi connectivity index (χ2n) is 5.72. The van der Waals surface area contributed by atoms with Gasteiger partial charge in [0.2, 0.25) is 5.91 Å². The number of benzene rings is 2. The van der Waals surface area contributed by atoms with Crippen molar-refractivity contribution >= 4 is 11.6 Å². The molecule has 116 valence electrons. The molecule has 0 bridgehead atoms. The summed E-state index contributed by atoms with van der Waals surface area (Å²) in [5, 5.41) is 21.7. The van der Waals surface area contributed by atoms with Crippen LogP contribution in [0.15, 0.2) is 36.4 Å². The Hall–Kier alpha value is -2.49. The van der Waals surface area contributed by atoms with E-state index in [9.17, 15) is 15.0 Å². The van der Waals surface area contributed by atoms with Crippen molar-refractivity contribution in [3.63, 3.8) is 0 Å². The second kappa shape index (κ2) is 6.52. The summed E-state index contributed by atoms with van der Waals surface area (Å²) in [5.41, 5.74) is 3.91. The molecular formula is C18H21NO3. The number of hydrogen-bond donors (Lipinski definition) is 3. The molecule has 0 saturated carbocycles. The third-order valence-electron chi connectivity index (χ3n) is 3.80. The maximum Gasteiger partial charge on any atom is 0.227 e. The predicted octanol–water partition coefficient (Wildman–Crippen LogP) is 3.53. The average molecular weight is 299 g/mol. The summed E-state index contributed by atoms with van der Waals surface area (Å²) >= 11 is 0. The van der Waals surface area contributed by atoms with Crippen LogP contribution in [0.4, 0.5) is 5.69 Å². The highest BCUT2D eigenvalue weighted by molar-refractivity contribution is 5.92. The van der Waals surface area contributed by atoms with E-state index >= 15 is 0 Å². The fourth-order valence-electron chi connectivity index (χ4n) is 2.23. The van der Waals surface area contributed by atoms with Gasteiger partial charge in [0.15, 0.2) is 11.5 Å². The van der Waals surface area contributed by atoms with Gasteiger partial charge in [-0.2, -0.15) is 0 Å². The molecule has 0 radical (unpaired) electrons. The molecule has 0 aliphatic carbocycles. The topological polar surface area (TPSA) is 69.6 Å². The number of carbonyl (C=O) groups excluding carboxylic acids is 1. The Kier molecular flexibility index (Phi) is 4.71. The molecular weight excluding hydrogens is 278 g/mol. The highest BCUT2D eigenvalue weighted by Crippen LogP contribution is 2.26. The van der Waals surface area contributed by atoms with Crippen LogP contribution < -0.4 is 5.32 Å². The van der Waals surface area contributed by atoms with E-state index in [0.29, 0.717) is 6.42 Å². The number of nitrogens with one attached hydrogen (secondary N) is 1. The molecule has 0 fully saturated rings. The number of aryl methyl sites for hydroxylation is 2. The lowest BCUT2D eigenvalue weighted by molar-refractivity contribution is -0.119. The molecule has 22 heavy (non-hydrogen) atoms. The van der Waals surface area contributed by atoms with Crippen molar-refractivity contribution in [2.75, 3.05) is 5.32 Å². The Morgan fingerprint density at radius 3 is 2.41 bits per heavy atom. The van der Waals surface area contributed by atoms with Gasteiger partial charge in [0.25, 0.3) is 0 Å². The van der Waals surface area contributed by atoms with Crippen LogP contribution in [-0.4, -0.2) is 16.1 Å². The third kappa shape index (κ3) is 3.79. The minimum absolute atomic E-state index is 0.0733. The Bertz CT molecular complexity index is 695. The molecule has 0 saturated heterocycles. The SMILES string of the molecule is Cc1ccc(NC(=O)C(C)Cc2ccc(O)c(O)c2)cc1C. The lowest BCUT2D eigenvalue weighted by atomic mass is 9.99. The Morgan fingerprint density at radius 1 is 1.05 bits per heavy atom. The molecule has 0 aliphatic rings. The number of carbonyl (C=O) groups is 1. The van der Waals surface area contributed by atoms with Crippen LogP contribution in [0.1, 0.15) is 23.6 Å². The molecule has 4 nitrogen and oxygen atoms in total. The average Bonchev–Trinajstić information content (AvgIpc) is 2.46. The first-order chi connectivity index (χ1) is 10.4. The number of amides is 1. The van der Waals surface area contributed by atoms with Crippen LogP contribution >= 0.6 is 0 Å². The number of aromatic hydroxyl groups is 2. The van der Waals surface area contributed by atoms with E-state index in [1.165, 1.54) is 17.7 Å². The number of rotatable bonds is 4. The van der Waals surface area contributed by atoms with Crippen molar-refractivity contribution in [1.29, 1.82) is 0 Å². The predicted molar refractivity (Wildman–Crippen MR) is 87.2 cm³/mol. The third-order valence-corrected chi connectivity index (χ3v) is 3.80. The first-order valence-corrected chi connectivity index (χ1v) is 7.26. The first-order valence-electron chi connectivity index (χ1n) is 7.26. The van der Waals surface area contributed by atoms with Crippen molar-refractivity contribution in [1.82, 2.24) is 0 Å². The molecule has 3 N–H and O–H groups in total. The van der Waals surface area contributed by atoms with Crippen LogP contribution in [0.5, 0.6) is 11.5 Å². The van der Waals surface area contributed by atoms with Crippen LogP contribution in [0.2, 0.25) is 0 Å². The van der Waals surface area contributed by atoms with Gasteiger partial charge < -0.3 is 15.5 Å². The highest BCUT2D eigenvalue weighted by Gasteiger charge is 2.15. The molecule has 1 unspecified atom stereocenters. The standard InChI is InChI=1S/C18H21NO3/c1-11-4-6-15(9-12(11)2)19-18(22)13(3)8-14-5-7-16(20)17(21)10-14/h4-7,9-10,13,20-21H,8H2,1-3H3,(H,19,22). The van der Waals surface area contributed by atoms with Crippen molar-refractivity contribution in [3.8, 4) is 11.5 Å². The number of phenolic OH excluding ortho intramolecular Hbond substituents is 2. The zero-order valence-corrected chi connectivity index (χ0v) is 13.1. The quantitative estimate of drug-likeness (QED) is 0.756. The molecule has 1 amide bonds. The Labute approximate surface area is 130 Å². The molecule has 0 aliphatic heterocycles. The smallest absolute Gasteiger partial charge is 0.227 e. The van der Waals surface area contributed by atoms with Crippen LogP contribution in [0, 0.1) is 19.8 Å². The molecule has 2 rings (SSSR count). The molecule has 0 heterocycles. The van der Waals surface area contributed by atoms with Crippen molar-refractivity contribution in [2.24, 2.45) is 5.92 Å². The fourth-order valence-corrected chi connectivity index (χ4v) is 2.23. The zero-order valence-electron chi connectivity index (χ0n) is 13.1. The summed E-state index contributed by atoms with van der Waals surface area (Å²) in [6, 6.07) is 10.4. The van der Waals surface area contributed by atoms with Crippen LogP contribution in [0.25, 0.3) is 0 Å². The summed E-state index contributed by atoms with van der Waals surface area (Å²) in [4.78, 5) is 12.2. The summed E-state index contributed by atoms with van der Waals surface area (Å²) in [7, 11) is 0. The lowest BCUT2D eigenvalue weighted by Crippen LogP contribution is -2.22. The minimum atomic E-state index is -0.245. The van der Waals surface area contributed by atoms with Gasteiger partial charge in [-0.25, -0.2) is 0 Å². The Morgan fingerprint density at radius 2 is 1.77 bits per heavy atom. The van der Waals surface area contributed by atoms with E-state index in [1.807, 2.05) is 39.0 Å². The van der Waals surface area contributed by atoms with Gasteiger partial charge in [-0.3, -0.25) is 4.79 Å². The summed E-state index contributed by atoms with van der Waals surface area (Å²) in [6.07, 6.45) is 0.491. The molecule has 4 heteroatoms. The maximum atomic E-state index is 12.2. The van der Waals surface area contributed by atoms with Crippen molar-refractivity contribution in [2.45, 2.75) is 27.2 Å². The lowest BCUT2D eigenvalue weighted by Gasteiger charge is -2.13. The Balaban J connectivity index is 2.02. The summed E-state index contributed by atoms with van der Waals surface area (Å²) in [6.45, 7) is 5.87. The van der Waals surface area contributed by atoms with Crippen LogP contribution in [0.3, 0.4) is 0 Å². The normalized spacial score (nSPS) is 12.0. The van der Waals surface area contributed by atoms with Gasteiger partial charge in [0.05, 0.1) is 0 Å². The molecule has 2 aromatic rings. The molecule has 2 aromatic carbocycles. The van der Waals surface area contributed by atoms with Crippen molar-refractivity contribution < 1.29 is 15.0 Å². The van der Waals surface area contributed by atoms with E-state index in [1.54, 1.807) is 6.07 Å². The van der Waals surface area contributed by atoms with E-state index in [0.717, 1.165) is 16.8 Å². The maximum absolute atomic E-state index is 12.2. The molecule has 1 atom stereocenters. The van der Waals surface area contributed by atoms with Gasteiger partial charge in [0, 0.05) is 11.6 Å². The highest BCUT2D eigenvalue weighted by atomic mass is 16.3. The largest absolute Gasteiger partial charge is 0.504 e. The van der Waals surface area contributed by atoms with E-state index < -0.39 is 0 Å². The number of phenols is 2. The summed E-state index contributed by atoms with van der Waals surface area (Å²) in [5.74, 6) is -0.642. The van der Waals surface area contributed by atoms with E-state index in [4.69, 9.17) is 0 Å². The molecule has 0 spiro atoms. The van der Waals surface area contributed by atoms with Gasteiger partial charge in [-0.05, 0) is 61.2 Å². The number of hydrogen-bond acceptors (Lipinski definition) is 3. The van der Waals surface area contributed by atoms with E-state index in [2.05, 4.69) is 5.32 Å². The van der Waals surface area contributed by atoms with Gasteiger partial charge >= 0.3 is 0 Å². The number of anilines is 1. The first kappa shape index (κ1) is 15.9. The molecule has 0 aromatic heterocycles. The minimum Gasteiger partial charge on any atom is -0.504 e. The van der Waals surface area contributed by atoms with Gasteiger partial charge in [-0.15, -0.1) is 0 Å². The summed E-state index contributed by atoms with van der Waals surface area (Å²) < 4.78 is 0. The van der Waals surface area contributed by atoms with Gasteiger partial charge in [-0.1, -0.05) is 19.1 Å². The van der Waals surface area contributed by atoms with E-state index in [-0.39, 0.29) is 23.3 Å². The monoisotopic (exact) mass is 299 g/mol. The fraction of sp³-hybridized carbons (Fsp3) is 0.278. The van der Waals surface area contributed by atoms with Gasteiger partial charge in [0.1, 0.15) is 0 Å². The second-order valence-corrected chi connectivity index (χ2v) is 5.72. The van der Waals surface area contributed by atoms with Crippen molar-refractivity contribution in [3.05, 3.63) is 53.1 Å². The zero-order chi connectivity index (χ0) is 16.3. The van der Waals surface area contributed by atoms with Crippen LogP contribution in [-0.2, 0) is 11.2 Å².